The number of methoxy groups -OCH3 is 1. The molecule has 0 spiro atoms. The van der Waals surface area contributed by atoms with Crippen LogP contribution >= 0.6 is 11.6 Å². The van der Waals surface area contributed by atoms with E-state index >= 15 is 0 Å². The monoisotopic (exact) mass is 396 g/mol. The number of fused-ring (bicyclic) bond motifs is 1. The number of rotatable bonds is 4. The maximum Gasteiger partial charge on any atom is 0.246 e. The molecule has 1 fully saturated rings. The lowest BCUT2D eigenvalue weighted by molar-refractivity contribution is -0.126. The van der Waals surface area contributed by atoms with Crippen molar-refractivity contribution in [2.45, 2.75) is 0 Å². The van der Waals surface area contributed by atoms with E-state index in [1.54, 1.807) is 19.3 Å². The highest BCUT2D eigenvalue weighted by Crippen LogP contribution is 2.22. The molecule has 1 aliphatic heterocycles. The average Bonchev–Trinajstić information content (AvgIpc) is 3.07. The number of carbonyl (C=O) groups excluding carboxylic acids is 1. The fourth-order valence-corrected chi connectivity index (χ4v) is 3.62. The molecule has 0 aliphatic carbocycles. The number of ether oxygens (including phenoxy) is 1. The lowest BCUT2D eigenvalue weighted by Gasteiger charge is -2.35. The second-order valence-electron chi connectivity index (χ2n) is 6.56. The first-order valence-corrected chi connectivity index (χ1v) is 9.52. The van der Waals surface area contributed by atoms with Crippen molar-refractivity contribution in [1.82, 2.24) is 14.3 Å². The van der Waals surface area contributed by atoms with Gasteiger partial charge in [0.15, 0.2) is 5.15 Å². The summed E-state index contributed by atoms with van der Waals surface area (Å²) in [6.07, 6.45) is 5.19. The first-order chi connectivity index (χ1) is 13.7. The van der Waals surface area contributed by atoms with Crippen LogP contribution in [0.25, 0.3) is 11.7 Å². The second-order valence-corrected chi connectivity index (χ2v) is 6.92. The summed E-state index contributed by atoms with van der Waals surface area (Å²) in [7, 11) is 1.66. The Labute approximate surface area is 168 Å². The number of hydrogen-bond acceptors (Lipinski definition) is 4. The summed E-state index contributed by atoms with van der Waals surface area (Å²) in [6, 6.07) is 13.7. The van der Waals surface area contributed by atoms with E-state index in [0.717, 1.165) is 30.2 Å². The Morgan fingerprint density at radius 2 is 1.96 bits per heavy atom. The third-order valence-corrected chi connectivity index (χ3v) is 5.19. The molecule has 144 valence electrons. The fourth-order valence-electron chi connectivity index (χ4n) is 3.38. The van der Waals surface area contributed by atoms with E-state index in [1.165, 1.54) is 0 Å². The number of nitrogens with zero attached hydrogens (tertiary/aromatic N) is 4. The molecule has 0 saturated carbocycles. The molecule has 1 amide bonds. The van der Waals surface area contributed by atoms with Crippen LogP contribution in [0.1, 0.15) is 5.69 Å². The molecule has 4 rings (SSSR count). The zero-order chi connectivity index (χ0) is 19.5. The van der Waals surface area contributed by atoms with Crippen LogP contribution in [0.3, 0.4) is 0 Å². The van der Waals surface area contributed by atoms with E-state index in [9.17, 15) is 4.79 Å². The van der Waals surface area contributed by atoms with Gasteiger partial charge >= 0.3 is 0 Å². The van der Waals surface area contributed by atoms with Gasteiger partial charge < -0.3 is 14.5 Å². The Bertz CT molecular complexity index is 1020. The number of piperazine rings is 1. The van der Waals surface area contributed by atoms with E-state index in [0.29, 0.717) is 23.9 Å². The highest BCUT2D eigenvalue weighted by molar-refractivity contribution is 6.31. The van der Waals surface area contributed by atoms with E-state index in [4.69, 9.17) is 16.3 Å². The summed E-state index contributed by atoms with van der Waals surface area (Å²) in [5.41, 5.74) is 2.58. The number of amides is 1. The molecular weight excluding hydrogens is 376 g/mol. The molecular formula is C21H21ClN4O2. The summed E-state index contributed by atoms with van der Waals surface area (Å²) in [6.45, 7) is 2.90. The van der Waals surface area contributed by atoms with Gasteiger partial charge in [0.1, 0.15) is 11.4 Å². The highest BCUT2D eigenvalue weighted by Gasteiger charge is 2.20. The van der Waals surface area contributed by atoms with Crippen molar-refractivity contribution in [3.05, 3.63) is 65.6 Å². The summed E-state index contributed by atoms with van der Waals surface area (Å²) < 4.78 is 7.16. The Hall–Kier alpha value is -2.99. The van der Waals surface area contributed by atoms with Crippen molar-refractivity contribution in [2.75, 3.05) is 38.2 Å². The molecule has 0 N–H and O–H groups in total. The highest BCUT2D eigenvalue weighted by atomic mass is 35.5. The van der Waals surface area contributed by atoms with Gasteiger partial charge in [-0.3, -0.25) is 9.20 Å². The van der Waals surface area contributed by atoms with Crippen LogP contribution in [0.4, 0.5) is 5.69 Å². The first-order valence-electron chi connectivity index (χ1n) is 9.14. The van der Waals surface area contributed by atoms with Crippen molar-refractivity contribution in [3.63, 3.8) is 0 Å². The molecule has 28 heavy (non-hydrogen) atoms. The molecule has 0 radical (unpaired) electrons. The predicted octanol–water partition coefficient (Wildman–Crippen LogP) is 3.36. The Morgan fingerprint density at radius 1 is 1.14 bits per heavy atom. The van der Waals surface area contributed by atoms with Gasteiger partial charge in [-0.2, -0.15) is 0 Å². The van der Waals surface area contributed by atoms with Crippen molar-refractivity contribution in [2.24, 2.45) is 0 Å². The number of hydrogen-bond donors (Lipinski definition) is 0. The van der Waals surface area contributed by atoms with Crippen LogP contribution in [-0.2, 0) is 4.79 Å². The van der Waals surface area contributed by atoms with Gasteiger partial charge in [-0.1, -0.05) is 23.7 Å². The maximum atomic E-state index is 12.6. The number of anilines is 1. The third-order valence-electron chi connectivity index (χ3n) is 4.92. The predicted molar refractivity (Wildman–Crippen MR) is 111 cm³/mol. The number of pyridine rings is 1. The smallest absolute Gasteiger partial charge is 0.246 e. The Morgan fingerprint density at radius 3 is 2.75 bits per heavy atom. The molecule has 2 aromatic heterocycles. The summed E-state index contributed by atoms with van der Waals surface area (Å²) in [4.78, 5) is 21.0. The average molecular weight is 397 g/mol. The molecule has 0 atom stereocenters. The van der Waals surface area contributed by atoms with Crippen LogP contribution in [0, 0.1) is 0 Å². The van der Waals surface area contributed by atoms with Crippen molar-refractivity contribution in [3.8, 4) is 5.75 Å². The van der Waals surface area contributed by atoms with E-state index in [2.05, 4.69) is 16.0 Å². The molecule has 1 aliphatic rings. The molecule has 3 heterocycles. The van der Waals surface area contributed by atoms with Crippen molar-refractivity contribution < 1.29 is 9.53 Å². The van der Waals surface area contributed by atoms with Gasteiger partial charge in [0, 0.05) is 50.2 Å². The summed E-state index contributed by atoms with van der Waals surface area (Å²) >= 11 is 6.22. The van der Waals surface area contributed by atoms with Gasteiger partial charge in [-0.25, -0.2) is 4.98 Å². The minimum atomic E-state index is -0.0211. The molecule has 7 heteroatoms. The molecule has 6 nitrogen and oxygen atoms in total. The molecule has 1 saturated heterocycles. The van der Waals surface area contributed by atoms with Gasteiger partial charge in [-0.15, -0.1) is 0 Å². The fraction of sp³-hybridized carbons (Fsp3) is 0.238. The largest absolute Gasteiger partial charge is 0.497 e. The van der Waals surface area contributed by atoms with Crippen LogP contribution in [0.15, 0.2) is 54.7 Å². The minimum absolute atomic E-state index is 0.0211. The second kappa shape index (κ2) is 7.94. The van der Waals surface area contributed by atoms with Crippen LogP contribution in [0.5, 0.6) is 5.75 Å². The lowest BCUT2D eigenvalue weighted by Crippen LogP contribution is -2.48. The van der Waals surface area contributed by atoms with Crippen LogP contribution in [-0.4, -0.2) is 53.5 Å². The maximum absolute atomic E-state index is 12.6. The summed E-state index contributed by atoms with van der Waals surface area (Å²) in [5, 5.41) is 0.387. The van der Waals surface area contributed by atoms with Gasteiger partial charge in [0.05, 0.1) is 12.8 Å². The van der Waals surface area contributed by atoms with Gasteiger partial charge in [0.2, 0.25) is 5.91 Å². The number of imidazole rings is 1. The zero-order valence-corrected chi connectivity index (χ0v) is 16.3. The SMILES string of the molecule is COc1cccc(N2CCN(C(=O)C=Cc3c(Cl)nc4ccccn34)CC2)c1. The standard InChI is InChI=1S/C21H21ClN4O2/c1-28-17-6-4-5-16(15-17)24-11-13-25(14-12-24)20(27)9-8-18-21(22)23-19-7-2-3-10-26(18)19/h2-10,15H,11-14H2,1H3. The number of benzene rings is 1. The molecule has 0 unspecified atom stereocenters. The summed E-state index contributed by atoms with van der Waals surface area (Å²) in [5.74, 6) is 0.816. The normalized spacial score (nSPS) is 14.8. The van der Waals surface area contributed by atoms with Crippen molar-refractivity contribution >= 4 is 34.9 Å². The first kappa shape index (κ1) is 18.4. The quantitative estimate of drug-likeness (QED) is 0.634. The third kappa shape index (κ3) is 3.68. The van der Waals surface area contributed by atoms with Gasteiger partial charge in [0.25, 0.3) is 0 Å². The van der Waals surface area contributed by atoms with Crippen LogP contribution < -0.4 is 9.64 Å². The van der Waals surface area contributed by atoms with E-state index in [1.807, 2.05) is 51.9 Å². The topological polar surface area (TPSA) is 50.1 Å². The zero-order valence-electron chi connectivity index (χ0n) is 15.6. The Balaban J connectivity index is 1.41. The van der Waals surface area contributed by atoms with E-state index in [-0.39, 0.29) is 5.91 Å². The lowest BCUT2D eigenvalue weighted by atomic mass is 10.2. The molecule has 0 bridgehead atoms. The minimum Gasteiger partial charge on any atom is -0.497 e. The Kier molecular flexibility index (Phi) is 5.21. The number of carbonyl (C=O) groups is 1. The van der Waals surface area contributed by atoms with Gasteiger partial charge in [-0.05, 0) is 30.3 Å². The van der Waals surface area contributed by atoms with Crippen molar-refractivity contribution in [1.29, 1.82) is 0 Å². The number of aromatic nitrogens is 2. The van der Waals surface area contributed by atoms with Crippen LogP contribution in [0.2, 0.25) is 5.15 Å². The molecule has 1 aromatic carbocycles. The molecule has 3 aromatic rings. The number of halogens is 1. The van der Waals surface area contributed by atoms with E-state index < -0.39 is 0 Å².